The van der Waals surface area contributed by atoms with Crippen LogP contribution in [-0.4, -0.2) is 17.9 Å². The van der Waals surface area contributed by atoms with Crippen molar-refractivity contribution >= 4 is 11.8 Å². The smallest absolute Gasteiger partial charge is 0.251 e. The lowest BCUT2D eigenvalue weighted by atomic mass is 10.0. The number of nitrogens with one attached hydrogen (secondary N) is 1. The molecule has 0 saturated carbocycles. The molecule has 0 fully saturated rings. The Morgan fingerprint density at radius 3 is 1.89 bits per heavy atom. The van der Waals surface area contributed by atoms with Gasteiger partial charge in [0.05, 0.1) is 11.6 Å². The number of hydrogen-bond donors (Lipinski definition) is 2. The molecule has 1 atom stereocenters. The fraction of sp³-hybridized carbons (Fsp3) is 0.129. The standard InChI is InChI=1S/C31H27N3O4/c32-19-22-11-14-26(15-12-22)31(36)34-27(30(33)35)17-25-13-16-28(37-20-23-7-3-1-4-8-23)29(18-25)38-21-24-9-5-2-6-10-24/h1-16,18,27H,17,20-21H2,(H2,33,35)(H,34,36)/t27-/m1/s1. The van der Waals surface area contributed by atoms with Crippen LogP contribution in [0.3, 0.4) is 0 Å². The molecule has 0 heterocycles. The Kier molecular flexibility index (Phi) is 8.72. The van der Waals surface area contributed by atoms with Crippen molar-refractivity contribution in [1.82, 2.24) is 5.32 Å². The van der Waals surface area contributed by atoms with Crippen molar-refractivity contribution in [3.8, 4) is 17.6 Å². The van der Waals surface area contributed by atoms with E-state index in [1.165, 1.54) is 12.1 Å². The highest BCUT2D eigenvalue weighted by molar-refractivity contribution is 5.97. The second kappa shape index (κ2) is 12.7. The lowest BCUT2D eigenvalue weighted by molar-refractivity contribution is -0.119. The number of amides is 2. The van der Waals surface area contributed by atoms with Gasteiger partial charge in [0.1, 0.15) is 19.3 Å². The van der Waals surface area contributed by atoms with E-state index in [2.05, 4.69) is 5.32 Å². The maximum atomic E-state index is 12.7. The van der Waals surface area contributed by atoms with Gasteiger partial charge in [-0.05, 0) is 53.1 Å². The zero-order chi connectivity index (χ0) is 26.7. The summed E-state index contributed by atoms with van der Waals surface area (Å²) in [4.78, 5) is 24.9. The topological polar surface area (TPSA) is 114 Å². The van der Waals surface area contributed by atoms with Gasteiger partial charge in [0.25, 0.3) is 5.91 Å². The van der Waals surface area contributed by atoms with Crippen molar-refractivity contribution in [3.63, 3.8) is 0 Å². The second-order valence-corrected chi connectivity index (χ2v) is 8.65. The third kappa shape index (κ3) is 7.21. The minimum atomic E-state index is -0.948. The van der Waals surface area contributed by atoms with Crippen LogP contribution in [0, 0.1) is 11.3 Å². The fourth-order valence-electron chi connectivity index (χ4n) is 3.78. The SMILES string of the molecule is N#Cc1ccc(C(=O)N[C@H](Cc2ccc(OCc3ccccc3)c(OCc3ccccc3)c2)C(N)=O)cc1. The van der Waals surface area contributed by atoms with Crippen molar-refractivity contribution < 1.29 is 19.1 Å². The molecule has 7 nitrogen and oxygen atoms in total. The molecule has 0 aliphatic heterocycles. The number of nitrogens with two attached hydrogens (primary N) is 1. The molecule has 4 aromatic carbocycles. The fourth-order valence-corrected chi connectivity index (χ4v) is 3.78. The quantitative estimate of drug-likeness (QED) is 0.311. The molecule has 0 spiro atoms. The number of nitriles is 1. The molecule has 0 aliphatic rings. The number of nitrogens with zero attached hydrogens (tertiary/aromatic N) is 1. The molecule has 0 radical (unpaired) electrons. The molecule has 4 aromatic rings. The first kappa shape index (κ1) is 26.0. The Morgan fingerprint density at radius 1 is 0.763 bits per heavy atom. The predicted molar refractivity (Wildman–Crippen MR) is 143 cm³/mol. The molecule has 38 heavy (non-hydrogen) atoms. The number of rotatable bonds is 11. The van der Waals surface area contributed by atoms with E-state index in [4.69, 9.17) is 20.5 Å². The maximum Gasteiger partial charge on any atom is 0.251 e. The van der Waals surface area contributed by atoms with Crippen LogP contribution in [-0.2, 0) is 24.4 Å². The van der Waals surface area contributed by atoms with Gasteiger partial charge in [-0.25, -0.2) is 0 Å². The molecular weight excluding hydrogens is 478 g/mol. The zero-order valence-corrected chi connectivity index (χ0v) is 20.7. The van der Waals surface area contributed by atoms with E-state index >= 15 is 0 Å². The van der Waals surface area contributed by atoms with E-state index in [1.54, 1.807) is 24.3 Å². The Morgan fingerprint density at radius 2 is 1.34 bits per heavy atom. The Balaban J connectivity index is 1.51. The van der Waals surface area contributed by atoms with Crippen LogP contribution in [0.15, 0.2) is 103 Å². The monoisotopic (exact) mass is 505 g/mol. The maximum absolute atomic E-state index is 12.7. The van der Waals surface area contributed by atoms with E-state index in [1.807, 2.05) is 72.8 Å². The molecule has 0 aromatic heterocycles. The van der Waals surface area contributed by atoms with E-state index < -0.39 is 17.9 Å². The minimum Gasteiger partial charge on any atom is -0.485 e. The van der Waals surface area contributed by atoms with E-state index in [0.29, 0.717) is 35.8 Å². The van der Waals surface area contributed by atoms with Gasteiger partial charge in [0.2, 0.25) is 5.91 Å². The summed E-state index contributed by atoms with van der Waals surface area (Å²) in [6.07, 6.45) is 0.165. The Labute approximate surface area is 221 Å². The predicted octanol–water partition coefficient (Wildman–Crippen LogP) is 4.54. The highest BCUT2D eigenvalue weighted by Crippen LogP contribution is 2.30. The van der Waals surface area contributed by atoms with Crippen molar-refractivity contribution in [2.24, 2.45) is 5.73 Å². The highest BCUT2D eigenvalue weighted by atomic mass is 16.5. The number of carbonyl (C=O) groups is 2. The number of benzene rings is 4. The second-order valence-electron chi connectivity index (χ2n) is 8.65. The van der Waals surface area contributed by atoms with Crippen molar-refractivity contribution in [2.45, 2.75) is 25.7 Å². The molecule has 4 rings (SSSR count). The van der Waals surface area contributed by atoms with Gasteiger partial charge in [-0.2, -0.15) is 5.26 Å². The van der Waals surface area contributed by atoms with Gasteiger partial charge in [-0.15, -0.1) is 0 Å². The lowest BCUT2D eigenvalue weighted by Crippen LogP contribution is -2.45. The van der Waals surface area contributed by atoms with Crippen LogP contribution in [0.25, 0.3) is 0 Å². The van der Waals surface area contributed by atoms with E-state index in [-0.39, 0.29) is 6.42 Å². The molecule has 7 heteroatoms. The van der Waals surface area contributed by atoms with Crippen molar-refractivity contribution in [3.05, 3.63) is 131 Å². The molecule has 0 unspecified atom stereocenters. The molecule has 0 bridgehead atoms. The summed E-state index contributed by atoms with van der Waals surface area (Å²) in [6, 6.07) is 32.2. The zero-order valence-electron chi connectivity index (χ0n) is 20.7. The highest BCUT2D eigenvalue weighted by Gasteiger charge is 2.21. The average molecular weight is 506 g/mol. The summed E-state index contributed by atoms with van der Waals surface area (Å²) in [5.41, 5.74) is 9.14. The molecule has 0 aliphatic carbocycles. The van der Waals surface area contributed by atoms with E-state index in [0.717, 1.165) is 16.7 Å². The van der Waals surface area contributed by atoms with Crippen molar-refractivity contribution in [1.29, 1.82) is 5.26 Å². The average Bonchev–Trinajstić information content (AvgIpc) is 2.96. The number of ether oxygens (including phenoxy) is 2. The number of carbonyl (C=O) groups excluding carboxylic acids is 2. The van der Waals surface area contributed by atoms with Gasteiger partial charge in [-0.3, -0.25) is 9.59 Å². The summed E-state index contributed by atoms with van der Waals surface area (Å²) in [7, 11) is 0. The van der Waals surface area contributed by atoms with Gasteiger partial charge in [0.15, 0.2) is 11.5 Å². The van der Waals surface area contributed by atoms with Crippen LogP contribution in [0.5, 0.6) is 11.5 Å². The Hall–Kier alpha value is -5.09. The van der Waals surface area contributed by atoms with Crippen LogP contribution in [0.4, 0.5) is 0 Å². The minimum absolute atomic E-state index is 0.165. The van der Waals surface area contributed by atoms with Crippen LogP contribution in [0.2, 0.25) is 0 Å². The lowest BCUT2D eigenvalue weighted by Gasteiger charge is -2.18. The summed E-state index contributed by atoms with van der Waals surface area (Å²) in [6.45, 7) is 0.701. The van der Waals surface area contributed by atoms with Crippen LogP contribution in [0.1, 0.15) is 32.6 Å². The normalized spacial score (nSPS) is 11.1. The number of hydrogen-bond acceptors (Lipinski definition) is 5. The van der Waals surface area contributed by atoms with Crippen LogP contribution >= 0.6 is 0 Å². The summed E-state index contributed by atoms with van der Waals surface area (Å²) in [5, 5.41) is 11.6. The summed E-state index contributed by atoms with van der Waals surface area (Å²) >= 11 is 0. The molecule has 2 amide bonds. The molecular formula is C31H27N3O4. The first-order valence-electron chi connectivity index (χ1n) is 12.1. The number of primary amides is 1. The van der Waals surface area contributed by atoms with Gasteiger partial charge >= 0.3 is 0 Å². The van der Waals surface area contributed by atoms with E-state index in [9.17, 15) is 9.59 Å². The van der Waals surface area contributed by atoms with Crippen molar-refractivity contribution in [2.75, 3.05) is 0 Å². The summed E-state index contributed by atoms with van der Waals surface area (Å²) < 4.78 is 12.2. The van der Waals surface area contributed by atoms with Gasteiger partial charge in [-0.1, -0.05) is 66.7 Å². The van der Waals surface area contributed by atoms with Gasteiger partial charge < -0.3 is 20.5 Å². The molecule has 190 valence electrons. The summed E-state index contributed by atoms with van der Waals surface area (Å²) in [5.74, 6) is -0.0421. The van der Waals surface area contributed by atoms with Crippen LogP contribution < -0.4 is 20.5 Å². The third-order valence-electron chi connectivity index (χ3n) is 5.85. The largest absolute Gasteiger partial charge is 0.485 e. The first-order chi connectivity index (χ1) is 18.5. The molecule has 0 saturated heterocycles. The molecule has 3 N–H and O–H groups in total. The third-order valence-corrected chi connectivity index (χ3v) is 5.85. The Bertz CT molecular complexity index is 1420. The van der Waals surface area contributed by atoms with Gasteiger partial charge in [0, 0.05) is 12.0 Å². The first-order valence-corrected chi connectivity index (χ1v) is 12.1.